The van der Waals surface area contributed by atoms with Gasteiger partial charge in [0.05, 0.1) is 13.4 Å². The van der Waals surface area contributed by atoms with Crippen LogP contribution in [0.3, 0.4) is 0 Å². The number of piperidine rings is 1. The molecule has 0 unspecified atom stereocenters. The maximum Gasteiger partial charge on any atom is 0.119 e. The Bertz CT molecular complexity index is 769. The van der Waals surface area contributed by atoms with Gasteiger partial charge in [0.1, 0.15) is 11.5 Å². The number of rotatable bonds is 4. The molecular weight excluding hydrogens is 322 g/mol. The molecule has 2 fully saturated rings. The first-order valence-corrected chi connectivity index (χ1v) is 10.2. The molecule has 0 amide bonds. The molecule has 0 N–H and O–H groups in total. The molecular formula is C23H29NO2. The van der Waals surface area contributed by atoms with E-state index in [9.17, 15) is 0 Å². The lowest BCUT2D eigenvalue weighted by Crippen LogP contribution is -2.61. The molecule has 3 nitrogen and oxygen atoms in total. The van der Waals surface area contributed by atoms with Gasteiger partial charge in [0.2, 0.25) is 0 Å². The summed E-state index contributed by atoms with van der Waals surface area (Å²) < 4.78 is 11.1. The van der Waals surface area contributed by atoms with E-state index in [1.165, 1.54) is 45.1 Å². The smallest absolute Gasteiger partial charge is 0.119 e. The Hall–Kier alpha value is -1.74. The van der Waals surface area contributed by atoms with E-state index in [-0.39, 0.29) is 0 Å². The number of furan rings is 1. The van der Waals surface area contributed by atoms with Gasteiger partial charge in [0, 0.05) is 24.4 Å². The van der Waals surface area contributed by atoms with Gasteiger partial charge in [-0.1, -0.05) is 18.9 Å². The first kappa shape index (κ1) is 16.4. The van der Waals surface area contributed by atoms with E-state index in [0.717, 1.165) is 30.4 Å². The Morgan fingerprint density at radius 1 is 1.23 bits per heavy atom. The summed E-state index contributed by atoms with van der Waals surface area (Å²) in [6.07, 6.45) is 10.8. The Kier molecular flexibility index (Phi) is 4.08. The van der Waals surface area contributed by atoms with Crippen molar-refractivity contribution < 1.29 is 9.15 Å². The second kappa shape index (κ2) is 6.45. The van der Waals surface area contributed by atoms with E-state index >= 15 is 0 Å². The second-order valence-corrected chi connectivity index (χ2v) is 8.42. The van der Waals surface area contributed by atoms with Crippen LogP contribution in [0, 0.1) is 5.92 Å². The van der Waals surface area contributed by atoms with Gasteiger partial charge in [0.15, 0.2) is 0 Å². The van der Waals surface area contributed by atoms with Crippen molar-refractivity contribution in [2.75, 3.05) is 20.2 Å². The standard InChI is InChI=1S/C23H29NO2/c1-25-19-8-7-17-15-22-20-6-2-3-10-23(20,21(17)16-19)11-13-24(22)12-9-18-5-4-14-26-18/h4-5,7-8,14,16,20,22H,2-3,6,9-13,15H2,1H3/t20-,22-,23-/m0/s1. The lowest BCUT2D eigenvalue weighted by molar-refractivity contribution is -0.0112. The molecule has 138 valence electrons. The van der Waals surface area contributed by atoms with Crippen LogP contribution in [0.5, 0.6) is 5.75 Å². The summed E-state index contributed by atoms with van der Waals surface area (Å²) in [6.45, 7) is 2.34. The van der Waals surface area contributed by atoms with Gasteiger partial charge in [-0.25, -0.2) is 0 Å². The van der Waals surface area contributed by atoms with Crippen molar-refractivity contribution in [3.63, 3.8) is 0 Å². The van der Waals surface area contributed by atoms with Gasteiger partial charge in [0.25, 0.3) is 0 Å². The highest BCUT2D eigenvalue weighted by Crippen LogP contribution is 2.56. The molecule has 2 heterocycles. The molecule has 1 saturated carbocycles. The summed E-state index contributed by atoms with van der Waals surface area (Å²) in [7, 11) is 1.79. The summed E-state index contributed by atoms with van der Waals surface area (Å²) in [5, 5.41) is 0. The van der Waals surface area contributed by atoms with E-state index in [4.69, 9.17) is 9.15 Å². The third kappa shape index (κ3) is 2.51. The average Bonchev–Trinajstić information content (AvgIpc) is 3.20. The molecule has 3 heteroatoms. The fraction of sp³-hybridized carbons (Fsp3) is 0.565. The Labute approximate surface area is 156 Å². The highest BCUT2D eigenvalue weighted by atomic mass is 16.5. The van der Waals surface area contributed by atoms with Crippen LogP contribution in [-0.4, -0.2) is 31.1 Å². The molecule has 2 aliphatic carbocycles. The van der Waals surface area contributed by atoms with Crippen molar-refractivity contribution in [3.05, 3.63) is 53.5 Å². The van der Waals surface area contributed by atoms with Crippen molar-refractivity contribution in [3.8, 4) is 5.75 Å². The first-order valence-electron chi connectivity index (χ1n) is 10.2. The molecule has 5 rings (SSSR count). The zero-order valence-electron chi connectivity index (χ0n) is 15.7. The van der Waals surface area contributed by atoms with Crippen LogP contribution in [0.15, 0.2) is 41.0 Å². The van der Waals surface area contributed by atoms with Gasteiger partial charge >= 0.3 is 0 Å². The number of fused-ring (bicyclic) bond motifs is 1. The number of ether oxygens (including phenoxy) is 1. The fourth-order valence-electron chi connectivity index (χ4n) is 6.18. The first-order chi connectivity index (χ1) is 12.8. The van der Waals surface area contributed by atoms with Crippen LogP contribution in [-0.2, 0) is 18.3 Å². The van der Waals surface area contributed by atoms with Gasteiger partial charge in [-0.05, 0) is 73.5 Å². The van der Waals surface area contributed by atoms with Crippen molar-refractivity contribution in [1.29, 1.82) is 0 Å². The van der Waals surface area contributed by atoms with Crippen LogP contribution in [0.1, 0.15) is 49.0 Å². The summed E-state index contributed by atoms with van der Waals surface area (Å²) in [6, 6.07) is 11.7. The summed E-state index contributed by atoms with van der Waals surface area (Å²) in [5.41, 5.74) is 3.58. The minimum atomic E-state index is 0.395. The van der Waals surface area contributed by atoms with Gasteiger partial charge < -0.3 is 9.15 Å². The molecule has 0 spiro atoms. The largest absolute Gasteiger partial charge is 0.497 e. The van der Waals surface area contributed by atoms with Crippen LogP contribution >= 0.6 is 0 Å². The monoisotopic (exact) mass is 351 g/mol. The number of nitrogens with zero attached hydrogens (tertiary/aromatic N) is 1. The number of methoxy groups -OCH3 is 1. The van der Waals surface area contributed by atoms with Crippen molar-refractivity contribution in [1.82, 2.24) is 4.90 Å². The third-order valence-electron chi connectivity index (χ3n) is 7.38. The van der Waals surface area contributed by atoms with Crippen LogP contribution in [0.25, 0.3) is 0 Å². The van der Waals surface area contributed by atoms with Crippen LogP contribution in [0.4, 0.5) is 0 Å². The number of hydrogen-bond acceptors (Lipinski definition) is 3. The summed E-state index contributed by atoms with van der Waals surface area (Å²) in [5.74, 6) is 2.95. The van der Waals surface area contributed by atoms with E-state index in [1.54, 1.807) is 24.5 Å². The van der Waals surface area contributed by atoms with E-state index < -0.39 is 0 Å². The summed E-state index contributed by atoms with van der Waals surface area (Å²) in [4.78, 5) is 2.77. The van der Waals surface area contributed by atoms with Crippen molar-refractivity contribution in [2.45, 2.75) is 56.4 Å². The lowest BCUT2D eigenvalue weighted by atomic mass is 9.52. The SMILES string of the molecule is COc1ccc2c(c1)[C@]13CCCC[C@H]1[C@H](C2)N(CCc1ccco1)CC3. The number of likely N-dealkylation sites (tertiary alicyclic amines) is 1. The number of benzene rings is 1. The molecule has 0 radical (unpaired) electrons. The van der Waals surface area contributed by atoms with Gasteiger partial charge in [-0.15, -0.1) is 0 Å². The Morgan fingerprint density at radius 3 is 3.04 bits per heavy atom. The second-order valence-electron chi connectivity index (χ2n) is 8.42. The zero-order valence-corrected chi connectivity index (χ0v) is 15.7. The predicted molar refractivity (Wildman–Crippen MR) is 103 cm³/mol. The van der Waals surface area contributed by atoms with Crippen LogP contribution in [0.2, 0.25) is 0 Å². The van der Waals surface area contributed by atoms with Crippen molar-refractivity contribution >= 4 is 0 Å². The van der Waals surface area contributed by atoms with E-state index in [0.29, 0.717) is 11.5 Å². The minimum Gasteiger partial charge on any atom is -0.497 e. The highest BCUT2D eigenvalue weighted by molar-refractivity contribution is 5.45. The van der Waals surface area contributed by atoms with E-state index in [1.807, 2.05) is 6.07 Å². The predicted octanol–water partition coefficient (Wildman–Crippen LogP) is 4.59. The minimum absolute atomic E-state index is 0.395. The van der Waals surface area contributed by atoms with Gasteiger partial charge in [-0.2, -0.15) is 0 Å². The molecule has 26 heavy (non-hydrogen) atoms. The molecule has 3 atom stereocenters. The van der Waals surface area contributed by atoms with Crippen LogP contribution < -0.4 is 4.74 Å². The maximum atomic E-state index is 5.58. The maximum absolute atomic E-state index is 5.58. The lowest BCUT2D eigenvalue weighted by Gasteiger charge is -2.59. The highest BCUT2D eigenvalue weighted by Gasteiger charge is 2.53. The van der Waals surface area contributed by atoms with Gasteiger partial charge in [-0.3, -0.25) is 4.90 Å². The Balaban J connectivity index is 1.47. The zero-order chi connectivity index (χ0) is 17.6. The molecule has 1 aromatic carbocycles. The third-order valence-corrected chi connectivity index (χ3v) is 7.38. The quantitative estimate of drug-likeness (QED) is 0.806. The average molecular weight is 351 g/mol. The molecule has 2 aromatic rings. The molecule has 2 bridgehead atoms. The molecule has 1 aliphatic heterocycles. The van der Waals surface area contributed by atoms with Crippen molar-refractivity contribution in [2.24, 2.45) is 5.92 Å². The Morgan fingerprint density at radius 2 is 2.19 bits per heavy atom. The normalized spacial score (nSPS) is 30.5. The topological polar surface area (TPSA) is 25.6 Å². The molecule has 1 saturated heterocycles. The fourth-order valence-corrected chi connectivity index (χ4v) is 6.18. The number of hydrogen-bond donors (Lipinski definition) is 0. The summed E-state index contributed by atoms with van der Waals surface area (Å²) >= 11 is 0. The molecule has 3 aliphatic rings. The molecule has 1 aromatic heterocycles. The van der Waals surface area contributed by atoms with E-state index in [2.05, 4.69) is 29.2 Å².